The summed E-state index contributed by atoms with van der Waals surface area (Å²) in [6.45, 7) is 0. The van der Waals surface area contributed by atoms with E-state index >= 15 is 0 Å². The normalized spacial score (nSPS) is 10.6. The van der Waals surface area contributed by atoms with Crippen LogP contribution in [0.3, 0.4) is 0 Å². The number of nitrogens with one attached hydrogen (secondary N) is 1. The summed E-state index contributed by atoms with van der Waals surface area (Å²) in [4.78, 5) is 26.9. The number of aliphatic carboxylic acids is 1. The summed E-state index contributed by atoms with van der Waals surface area (Å²) >= 11 is 4.03. The molecule has 2 heterocycles. The van der Waals surface area contributed by atoms with Crippen LogP contribution in [0.25, 0.3) is 0 Å². The van der Waals surface area contributed by atoms with Crippen molar-refractivity contribution in [3.8, 4) is 0 Å². The van der Waals surface area contributed by atoms with Gasteiger partial charge < -0.3 is 10.4 Å². The Balaban J connectivity index is 1.58. The highest BCUT2D eigenvalue weighted by Crippen LogP contribution is 2.35. The number of aromatic nitrogens is 3. The average molecular weight is 392 g/mol. The Morgan fingerprint density at radius 3 is 2.68 bits per heavy atom. The lowest BCUT2D eigenvalue weighted by atomic mass is 10.2. The molecule has 2 N–H and O–H groups in total. The standard InChI is InChI=1S/C15H12N4O3S3/c20-12(21)7-6-10-18-19-15(23-10)25-14-16-8-11(24-14)17-13(22)9-4-2-1-3-5-9/h1-5,8H,6-7H2,(H,17,22)(H,20,21). The van der Waals surface area contributed by atoms with Gasteiger partial charge in [0.1, 0.15) is 10.0 Å². The van der Waals surface area contributed by atoms with Crippen molar-refractivity contribution < 1.29 is 14.7 Å². The van der Waals surface area contributed by atoms with Gasteiger partial charge in [-0.3, -0.25) is 9.59 Å². The Labute approximate surface area is 155 Å². The minimum atomic E-state index is -0.858. The van der Waals surface area contributed by atoms with Gasteiger partial charge in [0.05, 0.1) is 12.6 Å². The number of hydrogen-bond acceptors (Lipinski definition) is 8. The first-order valence-corrected chi connectivity index (χ1v) is 9.59. The molecule has 25 heavy (non-hydrogen) atoms. The Kier molecular flexibility index (Phi) is 5.74. The van der Waals surface area contributed by atoms with Gasteiger partial charge in [-0.25, -0.2) is 4.98 Å². The highest BCUT2D eigenvalue weighted by molar-refractivity contribution is 8.02. The van der Waals surface area contributed by atoms with Crippen LogP contribution >= 0.6 is 34.4 Å². The monoisotopic (exact) mass is 392 g/mol. The molecule has 3 aromatic rings. The van der Waals surface area contributed by atoms with Gasteiger partial charge in [0.15, 0.2) is 8.68 Å². The predicted octanol–water partition coefficient (Wildman–Crippen LogP) is 3.42. The van der Waals surface area contributed by atoms with Crippen molar-refractivity contribution in [3.05, 3.63) is 47.1 Å². The van der Waals surface area contributed by atoms with E-state index in [1.165, 1.54) is 34.4 Å². The lowest BCUT2D eigenvalue weighted by molar-refractivity contribution is -0.136. The van der Waals surface area contributed by atoms with Gasteiger partial charge in [-0.1, -0.05) is 40.9 Å². The third kappa shape index (κ3) is 5.08. The number of carboxylic acid groups (broad SMARTS) is 1. The first-order valence-electron chi connectivity index (χ1n) is 7.14. The Morgan fingerprint density at radius 2 is 1.92 bits per heavy atom. The second-order valence-electron chi connectivity index (χ2n) is 4.77. The van der Waals surface area contributed by atoms with E-state index in [1.807, 2.05) is 6.07 Å². The molecule has 0 unspecified atom stereocenters. The maximum Gasteiger partial charge on any atom is 0.303 e. The van der Waals surface area contributed by atoms with Gasteiger partial charge in [-0.2, -0.15) is 0 Å². The summed E-state index contributed by atoms with van der Waals surface area (Å²) in [6.07, 6.45) is 2.00. The summed E-state index contributed by atoms with van der Waals surface area (Å²) in [5, 5.41) is 20.8. The molecule has 0 atom stereocenters. The lowest BCUT2D eigenvalue weighted by Gasteiger charge is -2.00. The maximum absolute atomic E-state index is 12.1. The van der Waals surface area contributed by atoms with Crippen LogP contribution in [0, 0.1) is 0 Å². The number of carboxylic acids is 1. The van der Waals surface area contributed by atoms with Crippen LogP contribution in [0.15, 0.2) is 45.2 Å². The summed E-state index contributed by atoms with van der Waals surface area (Å²) in [6, 6.07) is 8.95. The largest absolute Gasteiger partial charge is 0.481 e. The van der Waals surface area contributed by atoms with Crippen LogP contribution in [-0.4, -0.2) is 32.2 Å². The summed E-state index contributed by atoms with van der Waals surface area (Å²) in [7, 11) is 0. The summed E-state index contributed by atoms with van der Waals surface area (Å²) in [5.41, 5.74) is 0.581. The number of anilines is 1. The molecule has 0 fully saturated rings. The molecular weight excluding hydrogens is 380 g/mol. The predicted molar refractivity (Wildman–Crippen MR) is 96.5 cm³/mol. The second-order valence-corrected chi connectivity index (χ2v) is 8.36. The summed E-state index contributed by atoms with van der Waals surface area (Å²) < 4.78 is 1.42. The SMILES string of the molecule is O=C(O)CCc1nnc(Sc2ncc(NC(=O)c3ccccc3)s2)s1. The van der Waals surface area contributed by atoms with Crippen molar-refractivity contribution in [2.75, 3.05) is 5.32 Å². The van der Waals surface area contributed by atoms with E-state index in [4.69, 9.17) is 5.11 Å². The van der Waals surface area contributed by atoms with Gasteiger partial charge in [0, 0.05) is 12.0 Å². The molecule has 0 bridgehead atoms. The molecule has 3 rings (SSSR count). The minimum Gasteiger partial charge on any atom is -0.481 e. The fourth-order valence-electron chi connectivity index (χ4n) is 1.81. The van der Waals surface area contributed by atoms with Crippen LogP contribution in [0.5, 0.6) is 0 Å². The molecule has 0 aliphatic heterocycles. The van der Waals surface area contributed by atoms with Crippen molar-refractivity contribution in [3.63, 3.8) is 0 Å². The molecule has 128 valence electrons. The quantitative estimate of drug-likeness (QED) is 0.635. The van der Waals surface area contributed by atoms with E-state index in [0.29, 0.717) is 26.3 Å². The molecule has 0 aliphatic carbocycles. The van der Waals surface area contributed by atoms with E-state index in [2.05, 4.69) is 20.5 Å². The zero-order valence-corrected chi connectivity index (χ0v) is 15.2. The minimum absolute atomic E-state index is 0.0339. The molecule has 10 heteroatoms. The highest BCUT2D eigenvalue weighted by atomic mass is 32.2. The van der Waals surface area contributed by atoms with Crippen LogP contribution in [0.4, 0.5) is 5.00 Å². The van der Waals surface area contributed by atoms with E-state index in [0.717, 1.165) is 4.34 Å². The molecule has 0 saturated carbocycles. The fourth-order valence-corrected chi connectivity index (χ4v) is 4.78. The second kappa shape index (κ2) is 8.19. The van der Waals surface area contributed by atoms with Crippen molar-refractivity contribution in [2.45, 2.75) is 21.5 Å². The van der Waals surface area contributed by atoms with Gasteiger partial charge in [-0.15, -0.1) is 10.2 Å². The van der Waals surface area contributed by atoms with Crippen LogP contribution in [0.1, 0.15) is 21.8 Å². The lowest BCUT2D eigenvalue weighted by Crippen LogP contribution is -2.10. The zero-order chi connectivity index (χ0) is 17.6. The third-order valence-electron chi connectivity index (χ3n) is 2.93. The van der Waals surface area contributed by atoms with Gasteiger partial charge in [0.25, 0.3) is 5.91 Å². The zero-order valence-electron chi connectivity index (χ0n) is 12.7. The molecule has 2 aromatic heterocycles. The van der Waals surface area contributed by atoms with Crippen molar-refractivity contribution in [2.24, 2.45) is 0 Å². The van der Waals surface area contributed by atoms with Crippen LogP contribution < -0.4 is 5.32 Å². The molecule has 7 nitrogen and oxygen atoms in total. The Morgan fingerprint density at radius 1 is 1.12 bits per heavy atom. The third-order valence-corrected chi connectivity index (χ3v) is 5.95. The van der Waals surface area contributed by atoms with E-state index in [9.17, 15) is 9.59 Å². The highest BCUT2D eigenvalue weighted by Gasteiger charge is 2.12. The molecule has 0 radical (unpaired) electrons. The topological polar surface area (TPSA) is 105 Å². The van der Waals surface area contributed by atoms with Crippen molar-refractivity contribution in [1.29, 1.82) is 0 Å². The van der Waals surface area contributed by atoms with Crippen molar-refractivity contribution in [1.82, 2.24) is 15.2 Å². The van der Waals surface area contributed by atoms with Gasteiger partial charge >= 0.3 is 5.97 Å². The number of amides is 1. The summed E-state index contributed by atoms with van der Waals surface area (Å²) in [5.74, 6) is -1.05. The first kappa shape index (κ1) is 17.5. The maximum atomic E-state index is 12.1. The van der Waals surface area contributed by atoms with Gasteiger partial charge in [0.2, 0.25) is 0 Å². The number of benzene rings is 1. The molecule has 0 saturated heterocycles. The molecule has 1 amide bonds. The van der Waals surface area contributed by atoms with E-state index in [-0.39, 0.29) is 12.3 Å². The van der Waals surface area contributed by atoms with Crippen LogP contribution in [-0.2, 0) is 11.2 Å². The van der Waals surface area contributed by atoms with E-state index < -0.39 is 5.97 Å². The number of carbonyl (C=O) groups excluding carboxylic acids is 1. The fraction of sp³-hybridized carbons (Fsp3) is 0.133. The number of hydrogen-bond donors (Lipinski definition) is 2. The Bertz CT molecular complexity index is 879. The van der Waals surface area contributed by atoms with Crippen molar-refractivity contribution >= 4 is 51.3 Å². The van der Waals surface area contributed by atoms with Crippen LogP contribution in [0.2, 0.25) is 0 Å². The number of rotatable bonds is 7. The molecule has 0 spiro atoms. The number of aryl methyl sites for hydroxylation is 1. The number of nitrogens with zero attached hydrogens (tertiary/aromatic N) is 3. The first-order chi connectivity index (χ1) is 12.1. The Hall–Kier alpha value is -2.30. The number of carbonyl (C=O) groups is 2. The molecule has 0 aliphatic rings. The average Bonchev–Trinajstić information content (AvgIpc) is 3.23. The smallest absolute Gasteiger partial charge is 0.303 e. The molecule has 1 aromatic carbocycles. The number of thiazole rings is 1. The van der Waals surface area contributed by atoms with E-state index in [1.54, 1.807) is 30.5 Å². The molecular formula is C15H12N4O3S3. The van der Waals surface area contributed by atoms with Gasteiger partial charge in [-0.05, 0) is 23.9 Å².